The van der Waals surface area contributed by atoms with Crippen LogP contribution in [0.5, 0.6) is 0 Å². The first kappa shape index (κ1) is 13.5. The molecule has 98 valence electrons. The van der Waals surface area contributed by atoms with E-state index >= 15 is 0 Å². The van der Waals surface area contributed by atoms with E-state index in [0.717, 1.165) is 18.5 Å². The number of carbonyl (C=O) groups is 1. The van der Waals surface area contributed by atoms with Crippen LogP contribution in [-0.4, -0.2) is 30.8 Å². The maximum Gasteiger partial charge on any atom is 0.176 e. The van der Waals surface area contributed by atoms with E-state index in [1.165, 1.54) is 5.56 Å². The summed E-state index contributed by atoms with van der Waals surface area (Å²) < 4.78 is 0. The summed E-state index contributed by atoms with van der Waals surface area (Å²) in [7, 11) is 1.99. The molecule has 0 heterocycles. The molecule has 0 N–H and O–H groups in total. The number of likely N-dealkylation sites (N-methyl/N-ethyl adjacent to an activating group) is 1. The summed E-state index contributed by atoms with van der Waals surface area (Å²) in [6.07, 6.45) is 0.972. The maximum atomic E-state index is 12.0. The molecule has 0 radical (unpaired) electrons. The zero-order valence-corrected chi connectivity index (χ0v) is 11.3. The van der Waals surface area contributed by atoms with Gasteiger partial charge in [0.25, 0.3) is 0 Å². The van der Waals surface area contributed by atoms with E-state index in [0.29, 0.717) is 6.54 Å². The van der Waals surface area contributed by atoms with E-state index in [1.54, 1.807) is 0 Å². The second kappa shape index (κ2) is 6.86. The van der Waals surface area contributed by atoms with Gasteiger partial charge >= 0.3 is 0 Å². The summed E-state index contributed by atoms with van der Waals surface area (Å²) in [5.41, 5.74) is 2.09. The second-order valence-electron chi connectivity index (χ2n) is 4.76. The van der Waals surface area contributed by atoms with Crippen molar-refractivity contribution in [1.82, 2.24) is 4.90 Å². The molecular weight excluding hydrogens is 234 g/mol. The Hall–Kier alpha value is -1.93. The molecule has 19 heavy (non-hydrogen) atoms. The molecule has 0 bridgehead atoms. The van der Waals surface area contributed by atoms with Crippen LogP contribution in [0.15, 0.2) is 60.7 Å². The Balaban J connectivity index is 1.81. The van der Waals surface area contributed by atoms with Crippen molar-refractivity contribution in [3.63, 3.8) is 0 Å². The smallest absolute Gasteiger partial charge is 0.176 e. The molecule has 0 amide bonds. The highest BCUT2D eigenvalue weighted by atomic mass is 16.1. The van der Waals surface area contributed by atoms with Crippen LogP contribution < -0.4 is 0 Å². The van der Waals surface area contributed by atoms with Gasteiger partial charge in [0.2, 0.25) is 0 Å². The molecule has 0 spiro atoms. The normalized spacial score (nSPS) is 10.6. The zero-order valence-electron chi connectivity index (χ0n) is 11.3. The van der Waals surface area contributed by atoms with Crippen LogP contribution in [0.2, 0.25) is 0 Å². The highest BCUT2D eigenvalue weighted by Crippen LogP contribution is 2.03. The number of Topliss-reactive ketones (excluding diaryl/α,β-unsaturated/α-hetero) is 1. The van der Waals surface area contributed by atoms with Crippen LogP contribution >= 0.6 is 0 Å². The van der Waals surface area contributed by atoms with Gasteiger partial charge in [0.05, 0.1) is 6.54 Å². The molecule has 0 aliphatic carbocycles. The number of carbonyl (C=O) groups excluding carboxylic acids is 1. The molecule has 0 unspecified atom stereocenters. The average molecular weight is 253 g/mol. The summed E-state index contributed by atoms with van der Waals surface area (Å²) in [4.78, 5) is 14.1. The highest BCUT2D eigenvalue weighted by molar-refractivity contribution is 5.97. The van der Waals surface area contributed by atoms with Gasteiger partial charge in [0.1, 0.15) is 0 Å². The fourth-order valence-corrected chi connectivity index (χ4v) is 2.00. The standard InChI is InChI=1S/C17H19NO/c1-18(13-12-15-8-4-2-5-9-15)14-17(19)16-10-6-3-7-11-16/h2-11H,12-14H2,1H3. The molecule has 2 aromatic carbocycles. The van der Waals surface area contributed by atoms with Gasteiger partial charge in [-0.1, -0.05) is 60.7 Å². The van der Waals surface area contributed by atoms with Crippen LogP contribution in [0.1, 0.15) is 15.9 Å². The summed E-state index contributed by atoms with van der Waals surface area (Å²) in [5, 5.41) is 0. The lowest BCUT2D eigenvalue weighted by molar-refractivity contribution is 0.0947. The lowest BCUT2D eigenvalue weighted by atomic mass is 10.1. The third-order valence-corrected chi connectivity index (χ3v) is 3.13. The van der Waals surface area contributed by atoms with Crippen LogP contribution in [0.3, 0.4) is 0 Å². The van der Waals surface area contributed by atoms with Gasteiger partial charge in [0, 0.05) is 12.1 Å². The van der Waals surface area contributed by atoms with Crippen LogP contribution in [0.4, 0.5) is 0 Å². The largest absolute Gasteiger partial charge is 0.299 e. The maximum absolute atomic E-state index is 12.0. The Morgan fingerprint density at radius 1 is 0.947 bits per heavy atom. The van der Waals surface area contributed by atoms with Crippen molar-refractivity contribution in [3.8, 4) is 0 Å². The monoisotopic (exact) mass is 253 g/mol. The van der Waals surface area contributed by atoms with Gasteiger partial charge in [-0.25, -0.2) is 0 Å². The number of nitrogens with zero attached hydrogens (tertiary/aromatic N) is 1. The van der Waals surface area contributed by atoms with E-state index in [1.807, 2.05) is 55.6 Å². The first-order valence-corrected chi connectivity index (χ1v) is 6.56. The van der Waals surface area contributed by atoms with Gasteiger partial charge in [0.15, 0.2) is 5.78 Å². The number of hydrogen-bond donors (Lipinski definition) is 0. The van der Waals surface area contributed by atoms with Gasteiger partial charge in [-0.05, 0) is 19.0 Å². The van der Waals surface area contributed by atoms with Gasteiger partial charge in [-0.3, -0.25) is 9.69 Å². The molecular formula is C17H19NO. The molecule has 0 saturated carbocycles. The van der Waals surface area contributed by atoms with E-state index in [-0.39, 0.29) is 5.78 Å². The fourth-order valence-electron chi connectivity index (χ4n) is 2.00. The molecule has 2 nitrogen and oxygen atoms in total. The predicted molar refractivity (Wildman–Crippen MR) is 78.4 cm³/mol. The van der Waals surface area contributed by atoms with Crippen molar-refractivity contribution >= 4 is 5.78 Å². The van der Waals surface area contributed by atoms with E-state index in [2.05, 4.69) is 17.0 Å². The van der Waals surface area contributed by atoms with Crippen LogP contribution in [-0.2, 0) is 6.42 Å². The highest BCUT2D eigenvalue weighted by Gasteiger charge is 2.08. The molecule has 0 fully saturated rings. The van der Waals surface area contributed by atoms with Crippen molar-refractivity contribution in [3.05, 3.63) is 71.8 Å². The average Bonchev–Trinajstić information content (AvgIpc) is 2.47. The molecule has 2 rings (SSSR count). The quantitative estimate of drug-likeness (QED) is 0.737. The molecule has 0 aromatic heterocycles. The van der Waals surface area contributed by atoms with Gasteiger partial charge in [-0.2, -0.15) is 0 Å². The number of benzene rings is 2. The van der Waals surface area contributed by atoms with Crippen LogP contribution in [0, 0.1) is 0 Å². The zero-order chi connectivity index (χ0) is 13.5. The Bertz CT molecular complexity index is 507. The summed E-state index contributed by atoms with van der Waals surface area (Å²) in [5.74, 6) is 0.177. The lowest BCUT2D eigenvalue weighted by Crippen LogP contribution is -2.28. The Morgan fingerprint density at radius 2 is 1.53 bits per heavy atom. The van der Waals surface area contributed by atoms with E-state index in [4.69, 9.17) is 0 Å². The van der Waals surface area contributed by atoms with Gasteiger partial charge in [-0.15, -0.1) is 0 Å². The molecule has 0 aliphatic rings. The van der Waals surface area contributed by atoms with Crippen molar-refractivity contribution < 1.29 is 4.79 Å². The minimum absolute atomic E-state index is 0.177. The molecule has 2 heteroatoms. The lowest BCUT2D eigenvalue weighted by Gasteiger charge is -2.15. The van der Waals surface area contributed by atoms with E-state index < -0.39 is 0 Å². The molecule has 0 aliphatic heterocycles. The third-order valence-electron chi connectivity index (χ3n) is 3.13. The number of rotatable bonds is 6. The first-order chi connectivity index (χ1) is 9.25. The molecule has 0 atom stereocenters. The van der Waals surface area contributed by atoms with E-state index in [9.17, 15) is 4.79 Å². The minimum Gasteiger partial charge on any atom is -0.299 e. The predicted octanol–water partition coefficient (Wildman–Crippen LogP) is 3.04. The summed E-state index contributed by atoms with van der Waals surface area (Å²) in [6.45, 7) is 1.36. The Morgan fingerprint density at radius 3 is 2.16 bits per heavy atom. The van der Waals surface area contributed by atoms with Crippen molar-refractivity contribution in [2.24, 2.45) is 0 Å². The van der Waals surface area contributed by atoms with Crippen molar-refractivity contribution in [2.45, 2.75) is 6.42 Å². The SMILES string of the molecule is CN(CCc1ccccc1)CC(=O)c1ccccc1. The molecule has 0 saturated heterocycles. The Labute approximate surface area is 114 Å². The van der Waals surface area contributed by atoms with Crippen LogP contribution in [0.25, 0.3) is 0 Å². The van der Waals surface area contributed by atoms with Gasteiger partial charge < -0.3 is 0 Å². The Kier molecular flexibility index (Phi) is 4.87. The minimum atomic E-state index is 0.177. The van der Waals surface area contributed by atoms with Crippen molar-refractivity contribution in [1.29, 1.82) is 0 Å². The summed E-state index contributed by atoms with van der Waals surface area (Å²) >= 11 is 0. The summed E-state index contributed by atoms with van der Waals surface area (Å²) in [6, 6.07) is 19.8. The fraction of sp³-hybridized carbons (Fsp3) is 0.235. The third kappa shape index (κ3) is 4.34. The topological polar surface area (TPSA) is 20.3 Å². The second-order valence-corrected chi connectivity index (χ2v) is 4.76. The van der Waals surface area contributed by atoms with Crippen molar-refractivity contribution in [2.75, 3.05) is 20.1 Å². The molecule has 2 aromatic rings. The number of ketones is 1. The number of hydrogen-bond acceptors (Lipinski definition) is 2. The first-order valence-electron chi connectivity index (χ1n) is 6.56.